The standard InChI is InChI=1S/C14H22Si/c1-6-9-12(2)13-10-7-8-11-14(13)15(3,4)5/h7-8,10-11H,2,6,9H2,1,3-5H3. The maximum atomic E-state index is 4.21. The fourth-order valence-electron chi connectivity index (χ4n) is 1.88. The first-order chi connectivity index (χ1) is 6.96. The van der Waals surface area contributed by atoms with Gasteiger partial charge in [-0.15, -0.1) is 0 Å². The summed E-state index contributed by atoms with van der Waals surface area (Å²) in [4.78, 5) is 0. The van der Waals surface area contributed by atoms with E-state index >= 15 is 0 Å². The van der Waals surface area contributed by atoms with Gasteiger partial charge in [0.1, 0.15) is 0 Å². The van der Waals surface area contributed by atoms with Crippen molar-refractivity contribution in [3.63, 3.8) is 0 Å². The summed E-state index contributed by atoms with van der Waals surface area (Å²) in [6, 6.07) is 8.78. The summed E-state index contributed by atoms with van der Waals surface area (Å²) in [5.41, 5.74) is 2.70. The molecule has 0 aliphatic rings. The third-order valence-electron chi connectivity index (χ3n) is 2.67. The molecule has 82 valence electrons. The maximum absolute atomic E-state index is 4.21. The van der Waals surface area contributed by atoms with Gasteiger partial charge in [0.15, 0.2) is 0 Å². The van der Waals surface area contributed by atoms with Gasteiger partial charge in [-0.1, -0.05) is 69.0 Å². The van der Waals surface area contributed by atoms with E-state index in [4.69, 9.17) is 0 Å². The van der Waals surface area contributed by atoms with Crippen LogP contribution in [-0.2, 0) is 0 Å². The molecular formula is C14H22Si. The zero-order chi connectivity index (χ0) is 11.5. The molecule has 0 amide bonds. The van der Waals surface area contributed by atoms with E-state index in [1.165, 1.54) is 17.6 Å². The summed E-state index contributed by atoms with van der Waals surface area (Å²) in [5.74, 6) is 0. The smallest absolute Gasteiger partial charge is 0.0783 e. The highest BCUT2D eigenvalue weighted by Gasteiger charge is 2.20. The van der Waals surface area contributed by atoms with Crippen LogP contribution in [0.3, 0.4) is 0 Å². The third kappa shape index (κ3) is 3.06. The fraction of sp³-hybridized carbons (Fsp3) is 0.429. The molecule has 1 aromatic carbocycles. The van der Waals surface area contributed by atoms with Gasteiger partial charge in [0, 0.05) is 0 Å². The number of hydrogen-bond donors (Lipinski definition) is 0. The zero-order valence-electron chi connectivity index (χ0n) is 10.4. The van der Waals surface area contributed by atoms with Crippen LogP contribution < -0.4 is 5.19 Å². The Bertz CT molecular complexity index is 345. The van der Waals surface area contributed by atoms with Crippen LogP contribution >= 0.6 is 0 Å². The molecule has 15 heavy (non-hydrogen) atoms. The first kappa shape index (κ1) is 12.2. The van der Waals surface area contributed by atoms with Crippen LogP contribution in [0, 0.1) is 0 Å². The molecule has 0 unspecified atom stereocenters. The molecule has 1 heteroatoms. The van der Waals surface area contributed by atoms with Crippen molar-refractivity contribution in [1.82, 2.24) is 0 Å². The van der Waals surface area contributed by atoms with E-state index in [0.717, 1.165) is 6.42 Å². The first-order valence-corrected chi connectivity index (χ1v) is 9.24. The van der Waals surface area contributed by atoms with Crippen LogP contribution in [0.1, 0.15) is 25.3 Å². The Hall–Kier alpha value is -0.823. The molecule has 0 aliphatic heterocycles. The van der Waals surface area contributed by atoms with Crippen molar-refractivity contribution in [3.05, 3.63) is 36.4 Å². The SMILES string of the molecule is C=C(CCC)c1ccccc1[Si](C)(C)C. The molecule has 0 saturated carbocycles. The number of rotatable bonds is 4. The van der Waals surface area contributed by atoms with E-state index in [0.29, 0.717) is 0 Å². The largest absolute Gasteiger partial charge is 0.0952 e. The Morgan fingerprint density at radius 3 is 2.33 bits per heavy atom. The van der Waals surface area contributed by atoms with E-state index in [-0.39, 0.29) is 0 Å². The lowest BCUT2D eigenvalue weighted by atomic mass is 10.0. The van der Waals surface area contributed by atoms with Crippen LogP contribution in [0.2, 0.25) is 19.6 Å². The summed E-state index contributed by atoms with van der Waals surface area (Å²) in [5, 5.41) is 1.54. The van der Waals surface area contributed by atoms with Gasteiger partial charge in [-0.3, -0.25) is 0 Å². The highest BCUT2D eigenvalue weighted by atomic mass is 28.3. The Balaban J connectivity index is 3.12. The monoisotopic (exact) mass is 218 g/mol. The van der Waals surface area contributed by atoms with Crippen LogP contribution in [-0.4, -0.2) is 8.07 Å². The molecular weight excluding hydrogens is 196 g/mol. The van der Waals surface area contributed by atoms with Crippen LogP contribution in [0.15, 0.2) is 30.8 Å². The lowest BCUT2D eigenvalue weighted by molar-refractivity contribution is 0.976. The van der Waals surface area contributed by atoms with Crippen molar-refractivity contribution in [2.45, 2.75) is 39.4 Å². The van der Waals surface area contributed by atoms with Gasteiger partial charge in [0.2, 0.25) is 0 Å². The van der Waals surface area contributed by atoms with Gasteiger partial charge in [-0.25, -0.2) is 0 Å². The Labute approximate surface area is 95.0 Å². The minimum atomic E-state index is -1.23. The molecule has 0 atom stereocenters. The van der Waals surface area contributed by atoms with Gasteiger partial charge < -0.3 is 0 Å². The lowest BCUT2D eigenvalue weighted by Crippen LogP contribution is -2.39. The molecule has 1 aromatic rings. The normalized spacial score (nSPS) is 11.5. The molecule has 0 nitrogen and oxygen atoms in total. The number of hydrogen-bond acceptors (Lipinski definition) is 0. The quantitative estimate of drug-likeness (QED) is 0.669. The van der Waals surface area contributed by atoms with Crippen molar-refractivity contribution < 1.29 is 0 Å². The summed E-state index contributed by atoms with van der Waals surface area (Å²) in [6.07, 6.45) is 2.29. The fourth-order valence-corrected chi connectivity index (χ4v) is 3.55. The predicted molar refractivity (Wildman–Crippen MR) is 73.4 cm³/mol. The van der Waals surface area contributed by atoms with E-state index < -0.39 is 8.07 Å². The second-order valence-corrected chi connectivity index (χ2v) is 10.2. The average molecular weight is 218 g/mol. The van der Waals surface area contributed by atoms with E-state index in [9.17, 15) is 0 Å². The topological polar surface area (TPSA) is 0 Å². The second-order valence-electron chi connectivity index (χ2n) is 5.15. The van der Waals surface area contributed by atoms with Crippen LogP contribution in [0.5, 0.6) is 0 Å². The second kappa shape index (κ2) is 4.80. The number of allylic oxidation sites excluding steroid dienone is 1. The minimum absolute atomic E-state index is 1.11. The van der Waals surface area contributed by atoms with Crippen molar-refractivity contribution in [3.8, 4) is 0 Å². The summed E-state index contributed by atoms with van der Waals surface area (Å²) < 4.78 is 0. The van der Waals surface area contributed by atoms with E-state index in [1.54, 1.807) is 5.19 Å². The van der Waals surface area contributed by atoms with Crippen LogP contribution in [0.25, 0.3) is 5.57 Å². The van der Waals surface area contributed by atoms with Gasteiger partial charge in [0.25, 0.3) is 0 Å². The van der Waals surface area contributed by atoms with Gasteiger partial charge in [0.05, 0.1) is 8.07 Å². The summed E-state index contributed by atoms with van der Waals surface area (Å²) in [6.45, 7) is 13.6. The van der Waals surface area contributed by atoms with Crippen molar-refractivity contribution in [1.29, 1.82) is 0 Å². The molecule has 0 bridgehead atoms. The van der Waals surface area contributed by atoms with Gasteiger partial charge in [-0.2, -0.15) is 0 Å². The third-order valence-corrected chi connectivity index (χ3v) is 4.72. The maximum Gasteiger partial charge on any atom is 0.0783 e. The predicted octanol–water partition coefficient (Wildman–Crippen LogP) is 4.05. The molecule has 1 rings (SSSR count). The Kier molecular flexibility index (Phi) is 3.92. The van der Waals surface area contributed by atoms with Crippen molar-refractivity contribution in [2.75, 3.05) is 0 Å². The van der Waals surface area contributed by atoms with Gasteiger partial charge >= 0.3 is 0 Å². The minimum Gasteiger partial charge on any atom is -0.0952 e. The average Bonchev–Trinajstić information content (AvgIpc) is 2.17. The summed E-state index contributed by atoms with van der Waals surface area (Å²) in [7, 11) is -1.23. The van der Waals surface area contributed by atoms with E-state index in [2.05, 4.69) is 57.4 Å². The molecule has 0 spiro atoms. The molecule has 0 N–H and O–H groups in total. The molecule has 0 radical (unpaired) electrons. The molecule has 0 aromatic heterocycles. The van der Waals surface area contributed by atoms with Gasteiger partial charge in [-0.05, 0) is 17.6 Å². The molecule has 0 fully saturated rings. The first-order valence-electron chi connectivity index (χ1n) is 5.74. The Morgan fingerprint density at radius 2 is 1.80 bits per heavy atom. The highest BCUT2D eigenvalue weighted by Crippen LogP contribution is 2.18. The zero-order valence-corrected chi connectivity index (χ0v) is 11.4. The van der Waals surface area contributed by atoms with E-state index in [1.807, 2.05) is 0 Å². The van der Waals surface area contributed by atoms with Crippen molar-refractivity contribution in [2.24, 2.45) is 0 Å². The lowest BCUT2D eigenvalue weighted by Gasteiger charge is -2.21. The van der Waals surface area contributed by atoms with Crippen molar-refractivity contribution >= 4 is 18.8 Å². The summed E-state index contributed by atoms with van der Waals surface area (Å²) >= 11 is 0. The Morgan fingerprint density at radius 1 is 1.20 bits per heavy atom. The number of benzene rings is 1. The van der Waals surface area contributed by atoms with Crippen LogP contribution in [0.4, 0.5) is 0 Å². The molecule has 0 aliphatic carbocycles. The molecule has 0 heterocycles. The highest BCUT2D eigenvalue weighted by molar-refractivity contribution is 6.89. The molecule has 0 saturated heterocycles.